The van der Waals surface area contributed by atoms with Crippen LogP contribution in [0.25, 0.3) is 0 Å². The van der Waals surface area contributed by atoms with Gasteiger partial charge >= 0.3 is 0 Å². The van der Waals surface area contributed by atoms with Crippen molar-refractivity contribution < 1.29 is 4.79 Å². The first-order chi connectivity index (χ1) is 5.61. The van der Waals surface area contributed by atoms with Crippen LogP contribution in [0.3, 0.4) is 0 Å². The summed E-state index contributed by atoms with van der Waals surface area (Å²) < 4.78 is 0.585. The summed E-state index contributed by atoms with van der Waals surface area (Å²) >= 11 is 7.18. The van der Waals surface area contributed by atoms with Crippen molar-refractivity contribution >= 4 is 28.7 Å². The van der Waals surface area contributed by atoms with E-state index in [0.717, 1.165) is 0 Å². The molecule has 1 rings (SSSR count). The van der Waals surface area contributed by atoms with Gasteiger partial charge in [0.2, 0.25) is 0 Å². The third kappa shape index (κ3) is 2.30. The molecule has 0 aliphatic rings. The van der Waals surface area contributed by atoms with Crippen molar-refractivity contribution in [2.75, 3.05) is 20.6 Å². The number of rotatable bonds is 3. The van der Waals surface area contributed by atoms with Crippen LogP contribution in [0.5, 0.6) is 0 Å². The number of halogens is 1. The van der Waals surface area contributed by atoms with Crippen LogP contribution in [0.2, 0.25) is 4.34 Å². The van der Waals surface area contributed by atoms with Gasteiger partial charge in [-0.2, -0.15) is 0 Å². The summed E-state index contributed by atoms with van der Waals surface area (Å²) in [6.07, 6.45) is 0. The highest BCUT2D eigenvalue weighted by molar-refractivity contribution is 7.14. The molecule has 0 fully saturated rings. The fourth-order valence-electron chi connectivity index (χ4n) is 0.866. The Morgan fingerprint density at radius 1 is 1.67 bits per heavy atom. The Balaban J connectivity index is 2.72. The van der Waals surface area contributed by atoms with Gasteiger partial charge in [-0.1, -0.05) is 11.6 Å². The summed E-state index contributed by atoms with van der Waals surface area (Å²) in [6.45, 7) is 0.413. The molecule has 1 aromatic heterocycles. The first kappa shape index (κ1) is 9.71. The van der Waals surface area contributed by atoms with E-state index < -0.39 is 0 Å². The SMILES string of the molecule is CN(C)CC(=O)c1ccsc1Cl. The molecule has 0 amide bonds. The minimum absolute atomic E-state index is 0.0752. The summed E-state index contributed by atoms with van der Waals surface area (Å²) in [5, 5.41) is 1.82. The number of hydrogen-bond donors (Lipinski definition) is 0. The van der Waals surface area contributed by atoms with Crippen LogP contribution in [-0.2, 0) is 0 Å². The van der Waals surface area contributed by atoms with Crippen LogP contribution >= 0.6 is 22.9 Å². The summed E-state index contributed by atoms with van der Waals surface area (Å²) in [5.41, 5.74) is 0.635. The van der Waals surface area contributed by atoms with Gasteiger partial charge in [0, 0.05) is 5.56 Å². The standard InChI is InChI=1S/C8H10ClNOS/c1-10(2)5-7(11)6-3-4-12-8(6)9/h3-4H,5H2,1-2H3. The second-order valence-corrected chi connectivity index (χ2v) is 4.29. The lowest BCUT2D eigenvalue weighted by atomic mass is 10.2. The quantitative estimate of drug-likeness (QED) is 0.702. The zero-order chi connectivity index (χ0) is 9.14. The minimum atomic E-state index is 0.0752. The van der Waals surface area contributed by atoms with Gasteiger partial charge in [-0.15, -0.1) is 11.3 Å². The molecule has 0 N–H and O–H groups in total. The smallest absolute Gasteiger partial charge is 0.179 e. The Labute approximate surface area is 80.8 Å². The molecule has 0 aliphatic heterocycles. The lowest BCUT2D eigenvalue weighted by molar-refractivity contribution is 0.0958. The van der Waals surface area contributed by atoms with E-state index in [-0.39, 0.29) is 5.78 Å². The zero-order valence-corrected chi connectivity index (χ0v) is 8.58. The van der Waals surface area contributed by atoms with Crippen LogP contribution < -0.4 is 0 Å². The molecule has 0 saturated carbocycles. The molecule has 2 nitrogen and oxygen atoms in total. The first-order valence-electron chi connectivity index (χ1n) is 3.52. The van der Waals surface area contributed by atoms with Crippen LogP contribution in [0.1, 0.15) is 10.4 Å². The number of nitrogens with zero attached hydrogens (tertiary/aromatic N) is 1. The minimum Gasteiger partial charge on any atom is -0.302 e. The molecule has 4 heteroatoms. The fraction of sp³-hybridized carbons (Fsp3) is 0.375. The van der Waals surface area contributed by atoms with Crippen LogP contribution in [0.4, 0.5) is 0 Å². The van der Waals surface area contributed by atoms with E-state index in [0.29, 0.717) is 16.4 Å². The molecule has 0 radical (unpaired) electrons. The number of hydrogen-bond acceptors (Lipinski definition) is 3. The van der Waals surface area contributed by atoms with Crippen molar-refractivity contribution in [2.45, 2.75) is 0 Å². The molecular formula is C8H10ClNOS. The van der Waals surface area contributed by atoms with E-state index in [9.17, 15) is 4.79 Å². The Bertz CT molecular complexity index is 282. The fourth-order valence-corrected chi connectivity index (χ4v) is 1.82. The Morgan fingerprint density at radius 3 is 2.75 bits per heavy atom. The molecule has 1 heterocycles. The van der Waals surface area contributed by atoms with Gasteiger partial charge in [0.1, 0.15) is 4.34 Å². The Hall–Kier alpha value is -0.380. The second-order valence-electron chi connectivity index (χ2n) is 2.77. The molecule has 12 heavy (non-hydrogen) atoms. The van der Waals surface area contributed by atoms with E-state index in [1.54, 1.807) is 6.07 Å². The summed E-state index contributed by atoms with van der Waals surface area (Å²) in [5.74, 6) is 0.0752. The molecular weight excluding hydrogens is 194 g/mol. The highest BCUT2D eigenvalue weighted by Gasteiger charge is 2.11. The first-order valence-corrected chi connectivity index (χ1v) is 4.78. The highest BCUT2D eigenvalue weighted by Crippen LogP contribution is 2.22. The maximum absolute atomic E-state index is 11.4. The van der Waals surface area contributed by atoms with Crippen molar-refractivity contribution in [1.29, 1.82) is 0 Å². The van der Waals surface area contributed by atoms with E-state index in [4.69, 9.17) is 11.6 Å². The maximum Gasteiger partial charge on any atom is 0.179 e. The molecule has 0 saturated heterocycles. The Kier molecular flexibility index (Phi) is 3.26. The van der Waals surface area contributed by atoms with Crippen LogP contribution in [0, 0.1) is 0 Å². The third-order valence-corrected chi connectivity index (χ3v) is 2.55. The van der Waals surface area contributed by atoms with E-state index in [1.165, 1.54) is 11.3 Å². The van der Waals surface area contributed by atoms with Crippen molar-refractivity contribution in [3.63, 3.8) is 0 Å². The van der Waals surface area contributed by atoms with E-state index >= 15 is 0 Å². The number of Topliss-reactive ketones (excluding diaryl/α,β-unsaturated/α-hetero) is 1. The summed E-state index contributed by atoms with van der Waals surface area (Å²) in [7, 11) is 3.72. The summed E-state index contributed by atoms with van der Waals surface area (Å²) in [4.78, 5) is 13.2. The largest absolute Gasteiger partial charge is 0.302 e. The Morgan fingerprint density at radius 2 is 2.33 bits per heavy atom. The van der Waals surface area contributed by atoms with Crippen molar-refractivity contribution in [3.05, 3.63) is 21.3 Å². The second kappa shape index (κ2) is 4.03. The average molecular weight is 204 g/mol. The zero-order valence-electron chi connectivity index (χ0n) is 7.00. The predicted molar refractivity (Wildman–Crippen MR) is 52.2 cm³/mol. The number of ketones is 1. The van der Waals surface area contributed by atoms with Gasteiger partial charge in [0.05, 0.1) is 6.54 Å². The normalized spacial score (nSPS) is 10.7. The summed E-state index contributed by atoms with van der Waals surface area (Å²) in [6, 6.07) is 1.76. The van der Waals surface area contributed by atoms with Gasteiger partial charge in [-0.3, -0.25) is 4.79 Å². The molecule has 0 aromatic carbocycles. The van der Waals surface area contributed by atoms with Gasteiger partial charge < -0.3 is 4.90 Å². The lowest BCUT2D eigenvalue weighted by Gasteiger charge is -2.06. The highest BCUT2D eigenvalue weighted by atomic mass is 35.5. The number of carbonyl (C=O) groups is 1. The molecule has 0 unspecified atom stereocenters. The monoisotopic (exact) mass is 203 g/mol. The maximum atomic E-state index is 11.4. The molecule has 0 atom stereocenters. The van der Waals surface area contributed by atoms with Crippen LogP contribution in [-0.4, -0.2) is 31.3 Å². The molecule has 0 aliphatic carbocycles. The molecule has 66 valence electrons. The van der Waals surface area contributed by atoms with Gasteiger partial charge in [0.15, 0.2) is 5.78 Å². The lowest BCUT2D eigenvalue weighted by Crippen LogP contribution is -2.21. The van der Waals surface area contributed by atoms with Gasteiger partial charge in [-0.25, -0.2) is 0 Å². The molecule has 1 aromatic rings. The van der Waals surface area contributed by atoms with Crippen molar-refractivity contribution in [1.82, 2.24) is 4.90 Å². The number of thiophene rings is 1. The average Bonchev–Trinajstić information content (AvgIpc) is 2.33. The molecule has 0 spiro atoms. The number of likely N-dealkylation sites (N-methyl/N-ethyl adjacent to an activating group) is 1. The van der Waals surface area contributed by atoms with Crippen molar-refractivity contribution in [3.8, 4) is 0 Å². The third-order valence-electron chi connectivity index (χ3n) is 1.38. The van der Waals surface area contributed by atoms with Gasteiger partial charge in [0.25, 0.3) is 0 Å². The van der Waals surface area contributed by atoms with Crippen LogP contribution in [0.15, 0.2) is 11.4 Å². The van der Waals surface area contributed by atoms with Crippen molar-refractivity contribution in [2.24, 2.45) is 0 Å². The predicted octanol–water partition coefficient (Wildman–Crippen LogP) is 2.15. The van der Waals surface area contributed by atoms with E-state index in [2.05, 4.69) is 0 Å². The van der Waals surface area contributed by atoms with Gasteiger partial charge in [-0.05, 0) is 25.5 Å². The number of carbonyl (C=O) groups excluding carboxylic acids is 1. The topological polar surface area (TPSA) is 20.3 Å². The van der Waals surface area contributed by atoms with E-state index in [1.807, 2.05) is 24.4 Å². The molecule has 0 bridgehead atoms.